The Morgan fingerprint density at radius 3 is 2.55 bits per heavy atom. The van der Waals surface area contributed by atoms with Crippen molar-refractivity contribution in [3.05, 3.63) is 65.7 Å². The zero-order valence-corrected chi connectivity index (χ0v) is 18.6. The number of aryl methyl sites for hydroxylation is 1. The predicted octanol–water partition coefficient (Wildman–Crippen LogP) is 3.66. The molecule has 1 aliphatic heterocycles. The van der Waals surface area contributed by atoms with Crippen molar-refractivity contribution in [1.29, 1.82) is 0 Å². The number of hydrogen-bond acceptors (Lipinski definition) is 5. The second-order valence-corrected chi connectivity index (χ2v) is 7.99. The molecule has 4 amide bonds. The molecule has 4 rings (SSSR count). The minimum atomic E-state index is -1.25. The molecule has 3 N–H and O–H groups in total. The van der Waals surface area contributed by atoms with Crippen molar-refractivity contribution in [3.8, 4) is 11.5 Å². The number of phenolic OH excluding ortho intramolecular Hbond substituents is 1. The van der Waals surface area contributed by atoms with Crippen LogP contribution in [-0.2, 0) is 15.1 Å². The second kappa shape index (κ2) is 8.46. The molecule has 1 unspecified atom stereocenters. The van der Waals surface area contributed by atoms with Gasteiger partial charge >= 0.3 is 6.03 Å². The number of nitrogens with one attached hydrogen (secondary N) is 2. The lowest BCUT2D eigenvalue weighted by atomic mass is 9.86. The minimum absolute atomic E-state index is 0.0974. The third-order valence-electron chi connectivity index (χ3n) is 6.07. The van der Waals surface area contributed by atoms with E-state index in [2.05, 4.69) is 10.6 Å². The van der Waals surface area contributed by atoms with Crippen molar-refractivity contribution in [3.63, 3.8) is 0 Å². The SMILES string of the molecule is CCC1(c2ccc(OC)c(C)c2)NC(=O)N(CC(=O)Nc2cccc3c(O)cccc23)C1=O. The Hall–Kier alpha value is -4.07. The van der Waals surface area contributed by atoms with E-state index in [4.69, 9.17) is 4.74 Å². The molecular formula is C25H25N3O5. The van der Waals surface area contributed by atoms with Crippen LogP contribution in [0.15, 0.2) is 54.6 Å². The fraction of sp³-hybridized carbons (Fsp3) is 0.240. The quantitative estimate of drug-likeness (QED) is 0.500. The minimum Gasteiger partial charge on any atom is -0.507 e. The molecule has 1 fully saturated rings. The number of phenols is 1. The number of rotatable bonds is 6. The maximum absolute atomic E-state index is 13.4. The zero-order chi connectivity index (χ0) is 23.8. The van der Waals surface area contributed by atoms with E-state index in [1.807, 2.05) is 19.9 Å². The lowest BCUT2D eigenvalue weighted by Crippen LogP contribution is -2.44. The number of amides is 4. The van der Waals surface area contributed by atoms with Gasteiger partial charge in [-0.05, 0) is 48.7 Å². The molecule has 33 heavy (non-hydrogen) atoms. The first-order valence-electron chi connectivity index (χ1n) is 10.6. The van der Waals surface area contributed by atoms with Gasteiger partial charge in [0.05, 0.1) is 7.11 Å². The van der Waals surface area contributed by atoms with Crippen molar-refractivity contribution < 1.29 is 24.2 Å². The smallest absolute Gasteiger partial charge is 0.325 e. The number of carbonyl (C=O) groups excluding carboxylic acids is 3. The van der Waals surface area contributed by atoms with Crippen molar-refractivity contribution in [2.24, 2.45) is 0 Å². The van der Waals surface area contributed by atoms with E-state index in [0.717, 1.165) is 10.5 Å². The average Bonchev–Trinajstić information content (AvgIpc) is 3.05. The lowest BCUT2D eigenvalue weighted by Gasteiger charge is -2.26. The predicted molar refractivity (Wildman–Crippen MR) is 124 cm³/mol. The van der Waals surface area contributed by atoms with Crippen LogP contribution in [0.2, 0.25) is 0 Å². The molecule has 1 saturated heterocycles. The van der Waals surface area contributed by atoms with E-state index in [1.165, 1.54) is 0 Å². The van der Waals surface area contributed by atoms with Gasteiger partial charge in [0.2, 0.25) is 5.91 Å². The van der Waals surface area contributed by atoms with Gasteiger partial charge in [-0.25, -0.2) is 4.79 Å². The van der Waals surface area contributed by atoms with E-state index in [0.29, 0.717) is 34.2 Å². The van der Waals surface area contributed by atoms with Gasteiger partial charge in [0.25, 0.3) is 5.91 Å². The number of hydrogen-bond donors (Lipinski definition) is 3. The molecule has 0 spiro atoms. The number of ether oxygens (including phenoxy) is 1. The number of methoxy groups -OCH3 is 1. The van der Waals surface area contributed by atoms with Gasteiger partial charge in [-0.2, -0.15) is 0 Å². The molecule has 0 bridgehead atoms. The molecule has 0 aliphatic carbocycles. The molecule has 170 valence electrons. The van der Waals surface area contributed by atoms with E-state index in [1.54, 1.807) is 55.6 Å². The highest BCUT2D eigenvalue weighted by Crippen LogP contribution is 2.35. The molecule has 8 nitrogen and oxygen atoms in total. The van der Waals surface area contributed by atoms with Gasteiger partial charge in [-0.1, -0.05) is 37.3 Å². The summed E-state index contributed by atoms with van der Waals surface area (Å²) in [6.45, 7) is 3.24. The fourth-order valence-electron chi connectivity index (χ4n) is 4.29. The number of nitrogens with zero attached hydrogens (tertiary/aromatic N) is 1. The van der Waals surface area contributed by atoms with E-state index < -0.39 is 29.9 Å². The van der Waals surface area contributed by atoms with Crippen LogP contribution in [0.5, 0.6) is 11.5 Å². The largest absolute Gasteiger partial charge is 0.507 e. The van der Waals surface area contributed by atoms with E-state index in [-0.39, 0.29) is 5.75 Å². The third kappa shape index (κ3) is 3.73. The van der Waals surface area contributed by atoms with Crippen LogP contribution in [0.25, 0.3) is 10.8 Å². The van der Waals surface area contributed by atoms with Crippen LogP contribution in [-0.4, -0.2) is 41.5 Å². The molecule has 3 aromatic carbocycles. The molecule has 0 radical (unpaired) electrons. The van der Waals surface area contributed by atoms with E-state index >= 15 is 0 Å². The number of aromatic hydroxyl groups is 1. The maximum Gasteiger partial charge on any atom is 0.325 e. The molecular weight excluding hydrogens is 422 g/mol. The normalized spacial score (nSPS) is 17.8. The van der Waals surface area contributed by atoms with Gasteiger partial charge in [0.1, 0.15) is 23.6 Å². The summed E-state index contributed by atoms with van der Waals surface area (Å²) in [5.74, 6) is -0.225. The molecule has 3 aromatic rings. The van der Waals surface area contributed by atoms with Crippen LogP contribution in [0.1, 0.15) is 24.5 Å². The summed E-state index contributed by atoms with van der Waals surface area (Å²) in [5, 5.41) is 16.8. The highest BCUT2D eigenvalue weighted by atomic mass is 16.5. The standard InChI is InChI=1S/C25H25N3O5/c1-4-25(16-11-12-21(33-3)15(2)13-16)23(31)28(24(32)27-25)14-22(30)26-19-9-5-8-18-17(19)7-6-10-20(18)29/h5-13,29H,4,14H2,1-3H3,(H,26,30)(H,27,32). The maximum atomic E-state index is 13.4. The van der Waals surface area contributed by atoms with Crippen LogP contribution in [0.4, 0.5) is 10.5 Å². The number of benzene rings is 3. The summed E-state index contributed by atoms with van der Waals surface area (Å²) < 4.78 is 5.29. The Bertz CT molecular complexity index is 1270. The average molecular weight is 447 g/mol. The van der Waals surface area contributed by atoms with Gasteiger partial charge in [-0.3, -0.25) is 14.5 Å². The van der Waals surface area contributed by atoms with Crippen molar-refractivity contribution >= 4 is 34.3 Å². The molecule has 0 saturated carbocycles. The van der Waals surface area contributed by atoms with Crippen LogP contribution >= 0.6 is 0 Å². The first-order chi connectivity index (χ1) is 15.8. The number of anilines is 1. The number of imide groups is 1. The fourth-order valence-corrected chi connectivity index (χ4v) is 4.29. The molecule has 1 atom stereocenters. The Morgan fingerprint density at radius 1 is 1.12 bits per heavy atom. The summed E-state index contributed by atoms with van der Waals surface area (Å²) in [4.78, 5) is 39.8. The summed E-state index contributed by atoms with van der Waals surface area (Å²) in [7, 11) is 1.57. The summed E-state index contributed by atoms with van der Waals surface area (Å²) >= 11 is 0. The second-order valence-electron chi connectivity index (χ2n) is 7.99. The van der Waals surface area contributed by atoms with Crippen LogP contribution < -0.4 is 15.4 Å². The lowest BCUT2D eigenvalue weighted by molar-refractivity contribution is -0.134. The first-order valence-corrected chi connectivity index (χ1v) is 10.6. The Morgan fingerprint density at radius 2 is 1.85 bits per heavy atom. The molecule has 0 aromatic heterocycles. The summed E-state index contributed by atoms with van der Waals surface area (Å²) in [6.07, 6.45) is 0.323. The monoisotopic (exact) mass is 447 g/mol. The van der Waals surface area contributed by atoms with Gasteiger partial charge in [-0.15, -0.1) is 0 Å². The first kappa shape index (κ1) is 22.1. The third-order valence-corrected chi connectivity index (χ3v) is 6.07. The highest BCUT2D eigenvalue weighted by Gasteiger charge is 2.51. The van der Waals surface area contributed by atoms with E-state index in [9.17, 15) is 19.5 Å². The molecule has 8 heteroatoms. The molecule has 1 aliphatic rings. The number of urea groups is 1. The summed E-state index contributed by atoms with van der Waals surface area (Å²) in [6, 6.07) is 14.8. The van der Waals surface area contributed by atoms with Gasteiger partial charge in [0, 0.05) is 16.5 Å². The molecule has 1 heterocycles. The topological polar surface area (TPSA) is 108 Å². The van der Waals surface area contributed by atoms with Crippen LogP contribution in [0, 0.1) is 6.92 Å². The highest BCUT2D eigenvalue weighted by molar-refractivity contribution is 6.11. The Labute approximate surface area is 191 Å². The number of carbonyl (C=O) groups is 3. The Kier molecular flexibility index (Phi) is 5.68. The summed E-state index contributed by atoms with van der Waals surface area (Å²) in [5.41, 5.74) is 0.696. The van der Waals surface area contributed by atoms with Crippen molar-refractivity contribution in [2.75, 3.05) is 19.0 Å². The Balaban J connectivity index is 1.57. The van der Waals surface area contributed by atoms with Crippen molar-refractivity contribution in [1.82, 2.24) is 10.2 Å². The zero-order valence-electron chi connectivity index (χ0n) is 18.6. The van der Waals surface area contributed by atoms with Crippen molar-refractivity contribution in [2.45, 2.75) is 25.8 Å². The van der Waals surface area contributed by atoms with Crippen LogP contribution in [0.3, 0.4) is 0 Å². The number of fused-ring (bicyclic) bond motifs is 1. The van der Waals surface area contributed by atoms with Gasteiger partial charge < -0.3 is 20.5 Å². The van der Waals surface area contributed by atoms with Gasteiger partial charge in [0.15, 0.2) is 0 Å².